The summed E-state index contributed by atoms with van der Waals surface area (Å²) in [7, 11) is 1.51. The van der Waals surface area contributed by atoms with Gasteiger partial charge in [0.15, 0.2) is 22.9 Å². The van der Waals surface area contributed by atoms with E-state index in [0.29, 0.717) is 39.6 Å². The van der Waals surface area contributed by atoms with Crippen LogP contribution in [0.3, 0.4) is 0 Å². The van der Waals surface area contributed by atoms with Crippen molar-refractivity contribution in [3.05, 3.63) is 112 Å². The van der Waals surface area contributed by atoms with Crippen molar-refractivity contribution in [3.8, 4) is 11.5 Å². The van der Waals surface area contributed by atoms with Crippen LogP contribution in [0, 0.1) is 6.92 Å². The molecule has 1 aliphatic heterocycles. The molecule has 1 atom stereocenters. The van der Waals surface area contributed by atoms with Crippen LogP contribution in [0.2, 0.25) is 0 Å². The number of para-hydroxylation sites is 1. The van der Waals surface area contributed by atoms with Crippen LogP contribution in [0.1, 0.15) is 32.7 Å². The van der Waals surface area contributed by atoms with Gasteiger partial charge in [0.1, 0.15) is 17.4 Å². The number of carbonyl (C=O) groups excluding carboxylic acids is 2. The van der Waals surface area contributed by atoms with Gasteiger partial charge in [-0.25, -0.2) is 0 Å². The van der Waals surface area contributed by atoms with E-state index >= 15 is 0 Å². The summed E-state index contributed by atoms with van der Waals surface area (Å²) in [6, 6.07) is 22.6. The molecule has 0 saturated carbocycles. The monoisotopic (exact) mass is 553 g/mol. The lowest BCUT2D eigenvalue weighted by molar-refractivity contribution is -0.117. The molecular weight excluding hydrogens is 530 g/mol. The Morgan fingerprint density at radius 2 is 1.85 bits per heavy atom. The Morgan fingerprint density at radius 3 is 2.60 bits per heavy atom. The Morgan fingerprint density at radius 1 is 1.05 bits per heavy atom. The molecule has 0 saturated heterocycles. The van der Waals surface area contributed by atoms with Crippen molar-refractivity contribution in [2.24, 2.45) is 0 Å². The number of aliphatic hydroxyl groups is 1. The number of methoxy groups -OCH3 is 1. The molecule has 9 nitrogen and oxygen atoms in total. The highest BCUT2D eigenvalue weighted by Crippen LogP contribution is 2.44. The van der Waals surface area contributed by atoms with Crippen molar-refractivity contribution in [2.45, 2.75) is 19.6 Å². The maximum Gasteiger partial charge on any atom is 0.296 e. The van der Waals surface area contributed by atoms with Crippen molar-refractivity contribution in [2.75, 3.05) is 12.0 Å². The molecule has 0 radical (unpaired) electrons. The topological polar surface area (TPSA) is 115 Å². The van der Waals surface area contributed by atoms with Gasteiger partial charge in [-0.1, -0.05) is 65.9 Å². The zero-order valence-corrected chi connectivity index (χ0v) is 22.3. The Hall–Kier alpha value is -4.96. The molecule has 5 aromatic rings. The van der Waals surface area contributed by atoms with Gasteiger partial charge < -0.3 is 19.0 Å². The number of amides is 1. The highest BCUT2D eigenvalue weighted by Gasteiger charge is 2.47. The molecule has 10 heteroatoms. The van der Waals surface area contributed by atoms with Gasteiger partial charge in [-0.3, -0.25) is 14.5 Å². The number of nitrogens with zero attached hydrogens (tertiary/aromatic N) is 3. The zero-order valence-electron chi connectivity index (χ0n) is 21.5. The second kappa shape index (κ2) is 10.3. The summed E-state index contributed by atoms with van der Waals surface area (Å²) in [5.74, 6) is -1.10. The molecule has 1 N–H and O–H groups in total. The standard InChI is InChI=1S/C30H23N3O6S/c1-17-31-32-30(40-17)33-25(19-10-6-12-21(14-19)38-16-18-8-4-3-5-9-18)24(27(35)29(33)36)26(34)23-15-20-11-7-13-22(37-2)28(20)39-23/h3-15,25,35H,16H2,1-2H3. The van der Waals surface area contributed by atoms with Crippen molar-refractivity contribution >= 4 is 39.1 Å². The SMILES string of the molecule is COc1cccc2cc(C(=O)C3=C(O)C(=O)N(c4nnc(C)s4)C3c3cccc(OCc4ccccc4)c3)oc12. The maximum absolute atomic E-state index is 13.9. The van der Waals surface area contributed by atoms with Crippen LogP contribution >= 0.6 is 11.3 Å². The van der Waals surface area contributed by atoms with E-state index < -0.39 is 23.5 Å². The summed E-state index contributed by atoms with van der Waals surface area (Å²) in [5, 5.41) is 20.8. The van der Waals surface area contributed by atoms with E-state index in [1.54, 1.807) is 55.5 Å². The minimum atomic E-state index is -0.997. The molecule has 6 rings (SSSR count). The first-order valence-corrected chi connectivity index (χ1v) is 13.2. The molecule has 0 aliphatic carbocycles. The number of fused-ring (bicyclic) bond motifs is 1. The number of hydrogen-bond donors (Lipinski definition) is 1. The fourth-order valence-electron chi connectivity index (χ4n) is 4.69. The quantitative estimate of drug-likeness (QED) is 0.234. The fourth-order valence-corrected chi connectivity index (χ4v) is 5.40. The second-order valence-electron chi connectivity index (χ2n) is 9.11. The average molecular weight is 554 g/mol. The fraction of sp³-hybridized carbons (Fsp3) is 0.133. The number of Topliss-reactive ketones (excluding diaryl/α,β-unsaturated/α-hetero) is 1. The van der Waals surface area contributed by atoms with Gasteiger partial charge in [-0.2, -0.15) is 0 Å². The molecule has 1 aliphatic rings. The number of hydrogen-bond acceptors (Lipinski definition) is 9. The first-order valence-electron chi connectivity index (χ1n) is 12.4. The van der Waals surface area contributed by atoms with Gasteiger partial charge in [0.25, 0.3) is 5.91 Å². The first-order chi connectivity index (χ1) is 19.4. The van der Waals surface area contributed by atoms with Crippen molar-refractivity contribution in [3.63, 3.8) is 0 Å². The number of anilines is 1. The van der Waals surface area contributed by atoms with Crippen LogP contribution in [-0.4, -0.2) is 34.1 Å². The molecule has 200 valence electrons. The third-order valence-corrected chi connectivity index (χ3v) is 7.39. The van der Waals surface area contributed by atoms with Gasteiger partial charge in [-0.05, 0) is 42.3 Å². The van der Waals surface area contributed by atoms with Gasteiger partial charge in [0.05, 0.1) is 18.7 Å². The Kier molecular flexibility index (Phi) is 6.53. The van der Waals surface area contributed by atoms with Crippen LogP contribution in [0.4, 0.5) is 5.13 Å². The minimum Gasteiger partial charge on any atom is -0.503 e. The van der Waals surface area contributed by atoms with E-state index in [2.05, 4.69) is 10.2 Å². The van der Waals surface area contributed by atoms with Crippen LogP contribution < -0.4 is 14.4 Å². The smallest absolute Gasteiger partial charge is 0.296 e. The lowest BCUT2D eigenvalue weighted by Crippen LogP contribution is -2.31. The number of benzene rings is 3. The third kappa shape index (κ3) is 4.48. The number of furan rings is 1. The Balaban J connectivity index is 1.42. The van der Waals surface area contributed by atoms with Crippen molar-refractivity contribution in [1.82, 2.24) is 10.2 Å². The highest BCUT2D eigenvalue weighted by atomic mass is 32.1. The van der Waals surface area contributed by atoms with Gasteiger partial charge in [0, 0.05) is 5.39 Å². The third-order valence-electron chi connectivity index (χ3n) is 6.55. The van der Waals surface area contributed by atoms with Crippen LogP contribution in [0.5, 0.6) is 11.5 Å². The van der Waals surface area contributed by atoms with E-state index in [1.165, 1.54) is 23.3 Å². The molecule has 2 aromatic heterocycles. The summed E-state index contributed by atoms with van der Waals surface area (Å²) < 4.78 is 17.3. The highest BCUT2D eigenvalue weighted by molar-refractivity contribution is 7.15. The van der Waals surface area contributed by atoms with E-state index in [1.807, 2.05) is 30.3 Å². The lowest BCUT2D eigenvalue weighted by atomic mass is 9.95. The predicted octanol–water partition coefficient (Wildman–Crippen LogP) is 5.96. The molecule has 0 bridgehead atoms. The molecule has 0 fully saturated rings. The molecule has 1 amide bonds. The van der Waals surface area contributed by atoms with Gasteiger partial charge in [0.2, 0.25) is 10.9 Å². The summed E-state index contributed by atoms with van der Waals surface area (Å²) in [6.07, 6.45) is 0. The molecule has 3 aromatic carbocycles. The van der Waals surface area contributed by atoms with Crippen molar-refractivity contribution in [1.29, 1.82) is 0 Å². The summed E-state index contributed by atoms with van der Waals surface area (Å²) >= 11 is 1.18. The predicted molar refractivity (Wildman–Crippen MR) is 149 cm³/mol. The molecule has 40 heavy (non-hydrogen) atoms. The first kappa shape index (κ1) is 25.3. The molecular formula is C30H23N3O6S. The zero-order chi connectivity index (χ0) is 27.8. The normalized spacial score (nSPS) is 15.2. The van der Waals surface area contributed by atoms with Crippen LogP contribution in [-0.2, 0) is 11.4 Å². The second-order valence-corrected chi connectivity index (χ2v) is 10.3. The number of rotatable bonds is 8. The van der Waals surface area contributed by atoms with E-state index in [-0.39, 0.29) is 16.5 Å². The average Bonchev–Trinajstić information content (AvgIpc) is 3.68. The molecule has 0 spiro atoms. The van der Waals surface area contributed by atoms with E-state index in [9.17, 15) is 14.7 Å². The molecule has 3 heterocycles. The molecule has 1 unspecified atom stereocenters. The summed E-state index contributed by atoms with van der Waals surface area (Å²) in [6.45, 7) is 2.09. The van der Waals surface area contributed by atoms with Crippen LogP contribution in [0.15, 0.2) is 94.6 Å². The summed E-state index contributed by atoms with van der Waals surface area (Å²) in [5.41, 5.74) is 1.80. The largest absolute Gasteiger partial charge is 0.503 e. The number of aromatic nitrogens is 2. The maximum atomic E-state index is 13.9. The van der Waals surface area contributed by atoms with E-state index in [4.69, 9.17) is 13.9 Å². The number of carbonyl (C=O) groups is 2. The minimum absolute atomic E-state index is 0.0365. The number of aryl methyl sites for hydroxylation is 1. The number of aliphatic hydroxyl groups excluding tert-OH is 1. The van der Waals surface area contributed by atoms with Gasteiger partial charge >= 0.3 is 0 Å². The van der Waals surface area contributed by atoms with Gasteiger partial charge in [-0.15, -0.1) is 10.2 Å². The Labute approximate surface area is 232 Å². The lowest BCUT2D eigenvalue weighted by Gasteiger charge is -2.24. The number of ketones is 1. The number of ether oxygens (including phenoxy) is 2. The Bertz CT molecular complexity index is 1770. The van der Waals surface area contributed by atoms with Crippen LogP contribution in [0.25, 0.3) is 11.0 Å². The van der Waals surface area contributed by atoms with E-state index in [0.717, 1.165) is 5.56 Å². The van der Waals surface area contributed by atoms with Crippen molar-refractivity contribution < 1.29 is 28.6 Å². The summed E-state index contributed by atoms with van der Waals surface area (Å²) in [4.78, 5) is 28.7.